The van der Waals surface area contributed by atoms with Gasteiger partial charge in [-0.15, -0.1) is 0 Å². The summed E-state index contributed by atoms with van der Waals surface area (Å²) in [5.41, 5.74) is 6.73. The van der Waals surface area contributed by atoms with E-state index < -0.39 is 24.4 Å². The summed E-state index contributed by atoms with van der Waals surface area (Å²) in [5.74, 6) is -1.16. The third-order valence-electron chi connectivity index (χ3n) is 4.61. The Kier molecular flexibility index (Phi) is 6.57. The number of methoxy groups -OCH3 is 2. The predicted octanol–water partition coefficient (Wildman–Crippen LogP) is 1.22. The zero-order valence-corrected chi connectivity index (χ0v) is 18.3. The highest BCUT2D eigenvalue weighted by molar-refractivity contribution is 6.04. The van der Waals surface area contributed by atoms with Gasteiger partial charge in [-0.05, 0) is 38.1 Å². The number of hydrazine groups is 1. The van der Waals surface area contributed by atoms with E-state index in [4.69, 9.17) is 14.2 Å². The lowest BCUT2D eigenvalue weighted by molar-refractivity contribution is -0.125. The lowest BCUT2D eigenvalue weighted by Gasteiger charge is -2.11. The van der Waals surface area contributed by atoms with Gasteiger partial charge in [0.1, 0.15) is 0 Å². The molecule has 0 aliphatic heterocycles. The van der Waals surface area contributed by atoms with E-state index in [1.165, 1.54) is 26.4 Å². The van der Waals surface area contributed by atoms with Crippen LogP contribution in [0.4, 0.5) is 0 Å². The number of carbonyl (C=O) groups is 3. The van der Waals surface area contributed by atoms with E-state index in [9.17, 15) is 14.4 Å². The molecule has 0 saturated heterocycles. The number of esters is 1. The molecule has 0 bridgehead atoms. The molecule has 0 saturated carbocycles. The first kappa shape index (κ1) is 22.5. The minimum atomic E-state index is -0.711. The number of hydrogen-bond donors (Lipinski definition) is 2. The molecule has 0 atom stereocenters. The average molecular weight is 441 g/mol. The van der Waals surface area contributed by atoms with Gasteiger partial charge in [-0.2, -0.15) is 5.10 Å². The third kappa shape index (κ3) is 4.61. The second-order valence-corrected chi connectivity index (χ2v) is 6.87. The second kappa shape index (κ2) is 9.33. The van der Waals surface area contributed by atoms with Crippen LogP contribution in [0.15, 0.2) is 24.3 Å². The summed E-state index contributed by atoms with van der Waals surface area (Å²) in [6.45, 7) is 2.91. The van der Waals surface area contributed by atoms with Gasteiger partial charge in [-0.3, -0.25) is 25.1 Å². The van der Waals surface area contributed by atoms with Crippen LogP contribution in [-0.2, 0) is 16.6 Å². The molecule has 1 aromatic carbocycles. The molecule has 168 valence electrons. The van der Waals surface area contributed by atoms with Crippen LogP contribution in [0.5, 0.6) is 11.5 Å². The Morgan fingerprint density at radius 3 is 2.44 bits per heavy atom. The van der Waals surface area contributed by atoms with Crippen LogP contribution in [0.2, 0.25) is 0 Å². The average Bonchev–Trinajstić information content (AvgIpc) is 3.07. The van der Waals surface area contributed by atoms with Crippen molar-refractivity contribution >= 4 is 28.8 Å². The van der Waals surface area contributed by atoms with Crippen molar-refractivity contribution in [3.8, 4) is 11.5 Å². The van der Waals surface area contributed by atoms with Crippen molar-refractivity contribution in [1.29, 1.82) is 0 Å². The molecule has 2 N–H and O–H groups in total. The number of rotatable bonds is 6. The lowest BCUT2D eigenvalue weighted by atomic mass is 10.1. The standard InChI is InChI=1S/C21H23N5O6/c1-11-8-14(18-12(2)25-26(3)19(18)22-11)21(29)32-10-17(27)23-24-20(28)13-6-7-15(30-4)16(9-13)31-5/h6-9H,10H2,1-5H3,(H,23,27)(H,24,28). The minimum absolute atomic E-state index is 0.238. The zero-order valence-electron chi connectivity index (χ0n) is 18.3. The number of aryl methyl sites for hydroxylation is 3. The Hall–Kier alpha value is -4.15. The number of hydrogen-bond acceptors (Lipinski definition) is 8. The number of pyridine rings is 1. The van der Waals surface area contributed by atoms with Crippen molar-refractivity contribution < 1.29 is 28.6 Å². The smallest absolute Gasteiger partial charge is 0.339 e. The lowest BCUT2D eigenvalue weighted by Crippen LogP contribution is -2.43. The maximum Gasteiger partial charge on any atom is 0.339 e. The van der Waals surface area contributed by atoms with E-state index in [1.54, 1.807) is 37.7 Å². The molecule has 0 aliphatic carbocycles. The molecule has 0 spiro atoms. The van der Waals surface area contributed by atoms with Crippen LogP contribution < -0.4 is 20.3 Å². The Bertz CT molecular complexity index is 1200. The first-order valence-corrected chi connectivity index (χ1v) is 9.54. The van der Waals surface area contributed by atoms with Gasteiger partial charge >= 0.3 is 5.97 Å². The van der Waals surface area contributed by atoms with Gasteiger partial charge in [0, 0.05) is 18.3 Å². The fraction of sp³-hybridized carbons (Fsp3) is 0.286. The van der Waals surface area contributed by atoms with E-state index in [-0.39, 0.29) is 11.1 Å². The van der Waals surface area contributed by atoms with Gasteiger partial charge in [0.2, 0.25) is 0 Å². The Morgan fingerprint density at radius 2 is 1.75 bits per heavy atom. The largest absolute Gasteiger partial charge is 0.493 e. The summed E-state index contributed by atoms with van der Waals surface area (Å²) in [6, 6.07) is 6.12. The Morgan fingerprint density at radius 1 is 1.03 bits per heavy atom. The third-order valence-corrected chi connectivity index (χ3v) is 4.61. The van der Waals surface area contributed by atoms with Crippen molar-refractivity contribution in [3.63, 3.8) is 0 Å². The summed E-state index contributed by atoms with van der Waals surface area (Å²) < 4.78 is 17.0. The van der Waals surface area contributed by atoms with Crippen LogP contribution in [0.3, 0.4) is 0 Å². The van der Waals surface area contributed by atoms with Gasteiger partial charge in [-0.1, -0.05) is 0 Å². The minimum Gasteiger partial charge on any atom is -0.493 e. The van der Waals surface area contributed by atoms with E-state index >= 15 is 0 Å². The highest BCUT2D eigenvalue weighted by atomic mass is 16.5. The van der Waals surface area contributed by atoms with Crippen molar-refractivity contribution in [1.82, 2.24) is 25.6 Å². The summed E-state index contributed by atoms with van der Waals surface area (Å²) in [7, 11) is 4.65. The molecule has 32 heavy (non-hydrogen) atoms. The van der Waals surface area contributed by atoms with Gasteiger partial charge in [-0.25, -0.2) is 9.78 Å². The maximum atomic E-state index is 12.6. The normalized spacial score (nSPS) is 10.5. The molecule has 2 heterocycles. The number of carbonyl (C=O) groups excluding carboxylic acids is 3. The van der Waals surface area contributed by atoms with Gasteiger partial charge < -0.3 is 14.2 Å². The Balaban J connectivity index is 1.60. The second-order valence-electron chi connectivity index (χ2n) is 6.87. The highest BCUT2D eigenvalue weighted by Gasteiger charge is 2.20. The fourth-order valence-electron chi connectivity index (χ4n) is 3.15. The number of fused-ring (bicyclic) bond motifs is 1. The molecule has 0 fully saturated rings. The van der Waals surface area contributed by atoms with E-state index in [1.807, 2.05) is 0 Å². The van der Waals surface area contributed by atoms with Gasteiger partial charge in [0.25, 0.3) is 11.8 Å². The number of ether oxygens (including phenoxy) is 3. The van der Waals surface area contributed by atoms with Crippen LogP contribution in [0.25, 0.3) is 11.0 Å². The first-order valence-electron chi connectivity index (χ1n) is 9.54. The molecule has 2 amide bonds. The molecule has 2 aromatic heterocycles. The van der Waals surface area contributed by atoms with Crippen LogP contribution in [-0.4, -0.2) is 53.4 Å². The molecule has 3 aromatic rings. The zero-order chi connectivity index (χ0) is 23.4. The SMILES string of the molecule is COc1ccc(C(=O)NNC(=O)COC(=O)c2cc(C)nc3c2c(C)nn3C)cc1OC. The van der Waals surface area contributed by atoms with Crippen molar-refractivity contribution in [3.05, 3.63) is 46.8 Å². The van der Waals surface area contributed by atoms with Crippen molar-refractivity contribution in [2.45, 2.75) is 13.8 Å². The molecule has 0 radical (unpaired) electrons. The van der Waals surface area contributed by atoms with E-state index in [2.05, 4.69) is 20.9 Å². The van der Waals surface area contributed by atoms with Crippen LogP contribution in [0.1, 0.15) is 32.1 Å². The molecular formula is C21H23N5O6. The monoisotopic (exact) mass is 441 g/mol. The fourth-order valence-corrected chi connectivity index (χ4v) is 3.15. The van der Waals surface area contributed by atoms with Gasteiger partial charge in [0.15, 0.2) is 23.8 Å². The first-order chi connectivity index (χ1) is 15.2. The molecule has 3 rings (SSSR count). The van der Waals surface area contributed by atoms with Crippen LogP contribution >= 0.6 is 0 Å². The number of amides is 2. The molecule has 0 aliphatic rings. The summed E-state index contributed by atoms with van der Waals surface area (Å²) >= 11 is 0. The number of aromatic nitrogens is 3. The Labute approximate surface area is 183 Å². The van der Waals surface area contributed by atoms with E-state index in [0.717, 1.165) is 0 Å². The van der Waals surface area contributed by atoms with Crippen molar-refractivity contribution in [2.24, 2.45) is 7.05 Å². The number of nitrogens with one attached hydrogen (secondary N) is 2. The van der Waals surface area contributed by atoms with Crippen molar-refractivity contribution in [2.75, 3.05) is 20.8 Å². The predicted molar refractivity (Wildman–Crippen MR) is 113 cm³/mol. The van der Waals surface area contributed by atoms with E-state index in [0.29, 0.717) is 33.9 Å². The number of nitrogens with zero attached hydrogens (tertiary/aromatic N) is 3. The quantitative estimate of drug-likeness (QED) is 0.431. The number of benzene rings is 1. The molecule has 11 heteroatoms. The molecule has 0 unspecified atom stereocenters. The molecule has 11 nitrogen and oxygen atoms in total. The maximum absolute atomic E-state index is 12.6. The summed E-state index contributed by atoms with van der Waals surface area (Å²) in [5, 5.41) is 4.83. The van der Waals surface area contributed by atoms with Crippen LogP contribution in [0, 0.1) is 13.8 Å². The van der Waals surface area contributed by atoms with Gasteiger partial charge in [0.05, 0.1) is 30.9 Å². The topological polar surface area (TPSA) is 134 Å². The highest BCUT2D eigenvalue weighted by Crippen LogP contribution is 2.27. The summed E-state index contributed by atoms with van der Waals surface area (Å²) in [6.07, 6.45) is 0. The summed E-state index contributed by atoms with van der Waals surface area (Å²) in [4.78, 5) is 41.3. The molecular weight excluding hydrogens is 418 g/mol.